The number of rotatable bonds is 6. The van der Waals surface area contributed by atoms with Gasteiger partial charge in [-0.05, 0) is 31.4 Å². The smallest absolute Gasteiger partial charge is 0.340 e. The fourth-order valence-electron chi connectivity index (χ4n) is 5.21. The Kier molecular flexibility index (Phi) is 5.22. The Hall–Kier alpha value is -3.56. The van der Waals surface area contributed by atoms with Crippen molar-refractivity contribution in [3.63, 3.8) is 0 Å². The summed E-state index contributed by atoms with van der Waals surface area (Å²) < 4.78 is 21.5. The van der Waals surface area contributed by atoms with E-state index in [0.29, 0.717) is 37.7 Å². The summed E-state index contributed by atoms with van der Waals surface area (Å²) in [6.45, 7) is 1.17. The third-order valence-corrected chi connectivity index (χ3v) is 7.04. The number of halogens is 1. The lowest BCUT2D eigenvalue weighted by atomic mass is 9.69. The second-order valence-corrected chi connectivity index (χ2v) is 8.80. The maximum absolute atomic E-state index is 15.5. The normalized spacial score (nSPS) is 25.5. The summed E-state index contributed by atoms with van der Waals surface area (Å²) in [4.78, 5) is 31.0. The van der Waals surface area contributed by atoms with Gasteiger partial charge in [0.2, 0.25) is 0 Å². The zero-order valence-electron chi connectivity index (χ0n) is 18.0. The van der Waals surface area contributed by atoms with Crippen molar-refractivity contribution >= 4 is 17.6 Å². The molecule has 2 atom stereocenters. The zero-order chi connectivity index (χ0) is 23.2. The molecule has 0 aromatic carbocycles. The number of fused-ring (bicyclic) bond motifs is 1. The Bertz CT molecular complexity index is 1080. The van der Waals surface area contributed by atoms with Crippen LogP contribution in [0.3, 0.4) is 0 Å². The number of Topliss-reactive ketones (excluding diaryl/α,β-unsaturated/α-hetero) is 1. The van der Waals surface area contributed by atoms with Crippen molar-refractivity contribution in [3.05, 3.63) is 59.1 Å². The molecule has 2 aliphatic carbocycles. The van der Waals surface area contributed by atoms with E-state index in [2.05, 4.69) is 15.6 Å². The van der Waals surface area contributed by atoms with Gasteiger partial charge in [-0.25, -0.2) is 14.2 Å². The number of hydrogen-bond acceptors (Lipinski definition) is 8. The SMILES string of the molecule is NC1=C(F)C(NCCNc2ccccn2)=C2OCCC3(CCC3)N3C=C(C(=O)O)C(=O)C1C23. The minimum absolute atomic E-state index is 0.123. The predicted molar refractivity (Wildman–Crippen MR) is 117 cm³/mol. The van der Waals surface area contributed by atoms with E-state index in [0.717, 1.165) is 19.3 Å². The number of ketones is 1. The van der Waals surface area contributed by atoms with E-state index in [1.54, 1.807) is 6.20 Å². The average Bonchev–Trinajstić information content (AvgIpc) is 2.95. The highest BCUT2D eigenvalue weighted by molar-refractivity contribution is 6.19. The summed E-state index contributed by atoms with van der Waals surface area (Å²) in [5.41, 5.74) is 5.34. The Morgan fingerprint density at radius 3 is 2.76 bits per heavy atom. The molecule has 1 saturated carbocycles. The van der Waals surface area contributed by atoms with Crippen LogP contribution in [0.5, 0.6) is 0 Å². The third-order valence-electron chi connectivity index (χ3n) is 7.04. The van der Waals surface area contributed by atoms with Gasteiger partial charge in [0.1, 0.15) is 28.9 Å². The summed E-state index contributed by atoms with van der Waals surface area (Å²) in [7, 11) is 0. The molecule has 5 rings (SSSR count). The first-order valence-corrected chi connectivity index (χ1v) is 11.1. The summed E-state index contributed by atoms with van der Waals surface area (Å²) in [6.07, 6.45) is 6.47. The number of nitrogens with one attached hydrogen (secondary N) is 2. The number of hydrogen-bond donors (Lipinski definition) is 4. The molecule has 0 amide bonds. The highest BCUT2D eigenvalue weighted by Crippen LogP contribution is 2.51. The van der Waals surface area contributed by atoms with Crippen molar-refractivity contribution < 1.29 is 23.8 Å². The first kappa shape index (κ1) is 21.3. The van der Waals surface area contributed by atoms with Gasteiger partial charge >= 0.3 is 5.97 Å². The Morgan fingerprint density at radius 2 is 2.09 bits per heavy atom. The van der Waals surface area contributed by atoms with Crippen LogP contribution in [0, 0.1) is 5.92 Å². The van der Waals surface area contributed by atoms with Crippen molar-refractivity contribution in [1.82, 2.24) is 15.2 Å². The van der Waals surface area contributed by atoms with Gasteiger partial charge in [-0.2, -0.15) is 0 Å². The van der Waals surface area contributed by atoms with Crippen LogP contribution >= 0.6 is 0 Å². The van der Waals surface area contributed by atoms with E-state index in [1.807, 2.05) is 23.1 Å². The maximum atomic E-state index is 15.5. The topological polar surface area (TPSA) is 130 Å². The van der Waals surface area contributed by atoms with Gasteiger partial charge in [0.05, 0.1) is 18.2 Å². The molecule has 2 aliphatic heterocycles. The molecule has 0 bridgehead atoms. The quantitative estimate of drug-likeness (QED) is 0.373. The summed E-state index contributed by atoms with van der Waals surface area (Å²) in [5, 5.41) is 15.9. The summed E-state index contributed by atoms with van der Waals surface area (Å²) >= 11 is 0. The minimum Gasteiger partial charge on any atom is -0.493 e. The highest BCUT2D eigenvalue weighted by Gasteiger charge is 2.56. The van der Waals surface area contributed by atoms with Crippen LogP contribution in [0.2, 0.25) is 0 Å². The molecular formula is C23H26FN5O4. The molecule has 1 aromatic heterocycles. The van der Waals surface area contributed by atoms with E-state index in [-0.39, 0.29) is 22.5 Å². The van der Waals surface area contributed by atoms with E-state index < -0.39 is 29.5 Å². The van der Waals surface area contributed by atoms with Crippen LogP contribution < -0.4 is 16.4 Å². The molecule has 3 heterocycles. The lowest BCUT2D eigenvalue weighted by Gasteiger charge is -2.54. The van der Waals surface area contributed by atoms with Gasteiger partial charge in [-0.3, -0.25) is 4.79 Å². The third kappa shape index (κ3) is 3.40. The Balaban J connectivity index is 1.48. The number of nitrogens with zero attached hydrogens (tertiary/aromatic N) is 2. The lowest BCUT2D eigenvalue weighted by Crippen LogP contribution is -2.61. The van der Waals surface area contributed by atoms with Gasteiger partial charge in [0, 0.05) is 37.4 Å². The number of carbonyl (C=O) groups is 2. The van der Waals surface area contributed by atoms with E-state index >= 15 is 4.39 Å². The van der Waals surface area contributed by atoms with Crippen LogP contribution in [0.15, 0.2) is 59.1 Å². The van der Waals surface area contributed by atoms with E-state index in [9.17, 15) is 14.7 Å². The molecule has 2 unspecified atom stereocenters. The van der Waals surface area contributed by atoms with Crippen molar-refractivity contribution in [3.8, 4) is 0 Å². The lowest BCUT2D eigenvalue weighted by molar-refractivity contribution is -0.137. The van der Waals surface area contributed by atoms with Crippen LogP contribution in [0.1, 0.15) is 25.7 Å². The van der Waals surface area contributed by atoms with Crippen LogP contribution in [0.25, 0.3) is 0 Å². The average molecular weight is 455 g/mol. The van der Waals surface area contributed by atoms with Crippen molar-refractivity contribution in [1.29, 1.82) is 0 Å². The molecule has 5 N–H and O–H groups in total. The van der Waals surface area contributed by atoms with Gasteiger partial charge in [-0.15, -0.1) is 0 Å². The molecule has 1 saturated heterocycles. The number of pyridine rings is 1. The van der Waals surface area contributed by atoms with Crippen molar-refractivity contribution in [2.45, 2.75) is 37.3 Å². The number of nitrogens with two attached hydrogens (primary N) is 1. The number of aliphatic carboxylic acids is 1. The number of anilines is 1. The molecule has 10 heteroatoms. The summed E-state index contributed by atoms with van der Waals surface area (Å²) in [6, 6.07) is 4.84. The number of allylic oxidation sites excluding steroid dienone is 1. The number of carbonyl (C=O) groups excluding carboxylic acids is 1. The van der Waals surface area contributed by atoms with Crippen LogP contribution in [0.4, 0.5) is 10.2 Å². The monoisotopic (exact) mass is 455 g/mol. The zero-order valence-corrected chi connectivity index (χ0v) is 18.0. The maximum Gasteiger partial charge on any atom is 0.340 e. The molecule has 33 heavy (non-hydrogen) atoms. The van der Waals surface area contributed by atoms with Gasteiger partial charge in [0.15, 0.2) is 11.6 Å². The fraction of sp³-hybridized carbons (Fsp3) is 0.435. The number of carboxylic acids is 1. The standard InChI is InChI=1S/C23H26FN5O4/c24-16-17(25)15-19-21(18(16)28-10-9-27-14-4-1-2-8-26-14)33-11-7-23(5-3-6-23)29(19)12-13(20(15)30)22(31)32/h1-2,4,8,12,15,19,28H,3,5-7,9-11,25H2,(H,26,27)(H,31,32). The van der Waals surface area contributed by atoms with Gasteiger partial charge < -0.3 is 31.1 Å². The molecular weight excluding hydrogens is 429 g/mol. The molecule has 1 aromatic rings. The largest absolute Gasteiger partial charge is 0.493 e. The van der Waals surface area contributed by atoms with Gasteiger partial charge in [-0.1, -0.05) is 6.07 Å². The molecule has 1 spiro atoms. The van der Waals surface area contributed by atoms with E-state index in [4.69, 9.17) is 10.5 Å². The Morgan fingerprint density at radius 1 is 1.30 bits per heavy atom. The van der Waals surface area contributed by atoms with Gasteiger partial charge in [0.25, 0.3) is 0 Å². The second-order valence-electron chi connectivity index (χ2n) is 8.80. The Labute approximate surface area is 190 Å². The summed E-state index contributed by atoms with van der Waals surface area (Å²) in [5.74, 6) is -2.92. The van der Waals surface area contributed by atoms with Crippen molar-refractivity contribution in [2.75, 3.05) is 25.0 Å². The van der Waals surface area contributed by atoms with Crippen LogP contribution in [-0.4, -0.2) is 58.0 Å². The molecule has 2 fully saturated rings. The number of carboxylic acid groups (broad SMARTS) is 1. The first-order valence-electron chi connectivity index (χ1n) is 11.1. The fourth-order valence-corrected chi connectivity index (χ4v) is 5.21. The van der Waals surface area contributed by atoms with Crippen molar-refractivity contribution in [2.24, 2.45) is 11.7 Å². The molecule has 0 radical (unpaired) electrons. The number of ether oxygens (including phenoxy) is 1. The molecule has 4 aliphatic rings. The first-order chi connectivity index (χ1) is 15.9. The minimum atomic E-state index is -1.33. The van der Waals surface area contributed by atoms with E-state index in [1.165, 1.54) is 6.20 Å². The predicted octanol–water partition coefficient (Wildman–Crippen LogP) is 1.63. The second kappa shape index (κ2) is 8.09. The molecule has 9 nitrogen and oxygen atoms in total. The molecule has 174 valence electrons. The van der Waals surface area contributed by atoms with Crippen LogP contribution in [-0.2, 0) is 14.3 Å². The number of aromatic nitrogens is 1. The highest BCUT2D eigenvalue weighted by atomic mass is 19.1.